The number of H-pyrrole nitrogens is 1. The van der Waals surface area contributed by atoms with Crippen molar-refractivity contribution in [2.24, 2.45) is 0 Å². The smallest absolute Gasteiger partial charge is 0.222 e. The number of piperidine rings is 1. The molecule has 132 valence electrons. The minimum atomic E-state index is -0.186. The standard InChI is InChI=1S/C19H23FN4O/c20-18-10-15(3-4-16(18)13-24-7-1-2-19(24)25)14-5-8-23(9-6-14)17-11-21-22-12-17/h3-4,10-12,14H,1-2,5-9,13H2,(H,21,22). The lowest BCUT2D eigenvalue weighted by atomic mass is 9.88. The minimum Gasteiger partial charge on any atom is -0.369 e. The van der Waals surface area contributed by atoms with Crippen LogP contribution in [0.1, 0.15) is 42.7 Å². The summed E-state index contributed by atoms with van der Waals surface area (Å²) in [5.74, 6) is 0.338. The van der Waals surface area contributed by atoms with E-state index in [1.54, 1.807) is 11.0 Å². The summed E-state index contributed by atoms with van der Waals surface area (Å²) in [6, 6.07) is 5.57. The van der Waals surface area contributed by atoms with Gasteiger partial charge in [0.05, 0.1) is 11.9 Å². The summed E-state index contributed by atoms with van der Waals surface area (Å²) in [6.45, 7) is 3.04. The van der Waals surface area contributed by atoms with Crippen LogP contribution in [0.5, 0.6) is 0 Å². The highest BCUT2D eigenvalue weighted by Crippen LogP contribution is 2.31. The van der Waals surface area contributed by atoms with E-state index in [2.05, 4.69) is 15.1 Å². The van der Waals surface area contributed by atoms with Crippen molar-refractivity contribution < 1.29 is 9.18 Å². The number of hydrogen-bond donors (Lipinski definition) is 1. The molecule has 2 saturated heterocycles. The maximum atomic E-state index is 14.5. The van der Waals surface area contributed by atoms with Crippen molar-refractivity contribution in [3.8, 4) is 0 Å². The number of benzene rings is 1. The summed E-state index contributed by atoms with van der Waals surface area (Å²) in [7, 11) is 0. The van der Waals surface area contributed by atoms with E-state index in [1.807, 2.05) is 24.5 Å². The number of carbonyl (C=O) groups excluding carboxylic acids is 1. The first-order valence-corrected chi connectivity index (χ1v) is 9.00. The molecule has 5 nitrogen and oxygen atoms in total. The van der Waals surface area contributed by atoms with Gasteiger partial charge in [0.25, 0.3) is 0 Å². The maximum Gasteiger partial charge on any atom is 0.222 e. The highest BCUT2D eigenvalue weighted by atomic mass is 19.1. The second kappa shape index (κ2) is 6.86. The monoisotopic (exact) mass is 342 g/mol. The number of aromatic nitrogens is 2. The summed E-state index contributed by atoms with van der Waals surface area (Å²) < 4.78 is 14.5. The minimum absolute atomic E-state index is 0.134. The number of carbonyl (C=O) groups is 1. The third-order valence-electron chi connectivity index (χ3n) is 5.43. The van der Waals surface area contributed by atoms with E-state index in [0.29, 0.717) is 24.4 Å². The van der Waals surface area contributed by atoms with Gasteiger partial charge >= 0.3 is 0 Å². The molecule has 0 saturated carbocycles. The quantitative estimate of drug-likeness (QED) is 0.929. The summed E-state index contributed by atoms with van der Waals surface area (Å²) in [4.78, 5) is 15.8. The summed E-state index contributed by atoms with van der Waals surface area (Å²) >= 11 is 0. The molecular formula is C19H23FN4O. The Morgan fingerprint density at radius 1 is 1.24 bits per heavy atom. The lowest BCUT2D eigenvalue weighted by molar-refractivity contribution is -0.128. The molecule has 25 heavy (non-hydrogen) atoms. The average molecular weight is 342 g/mol. The molecule has 1 aromatic carbocycles. The molecule has 2 aromatic rings. The number of halogens is 1. The lowest BCUT2D eigenvalue weighted by Gasteiger charge is -2.33. The zero-order valence-electron chi connectivity index (χ0n) is 14.2. The summed E-state index contributed by atoms with van der Waals surface area (Å²) in [5.41, 5.74) is 2.81. The molecule has 1 amide bonds. The van der Waals surface area contributed by atoms with Crippen LogP contribution in [0.3, 0.4) is 0 Å². The van der Waals surface area contributed by atoms with Crippen LogP contribution in [0.4, 0.5) is 10.1 Å². The second-order valence-electron chi connectivity index (χ2n) is 6.99. The molecule has 0 bridgehead atoms. The van der Waals surface area contributed by atoms with Crippen molar-refractivity contribution in [2.45, 2.75) is 38.1 Å². The van der Waals surface area contributed by atoms with E-state index in [-0.39, 0.29) is 11.7 Å². The number of amides is 1. The predicted octanol–water partition coefficient (Wildman–Crippen LogP) is 3.06. The van der Waals surface area contributed by atoms with Crippen molar-refractivity contribution in [2.75, 3.05) is 24.5 Å². The van der Waals surface area contributed by atoms with Gasteiger partial charge in [0.2, 0.25) is 5.91 Å². The Bertz CT molecular complexity index is 738. The number of anilines is 1. The van der Waals surface area contributed by atoms with Crippen molar-refractivity contribution in [3.05, 3.63) is 47.5 Å². The van der Waals surface area contributed by atoms with E-state index in [0.717, 1.165) is 50.1 Å². The first kappa shape index (κ1) is 16.1. The molecule has 3 heterocycles. The van der Waals surface area contributed by atoms with Gasteiger partial charge in [-0.05, 0) is 36.8 Å². The molecule has 0 spiro atoms. The molecule has 2 aliphatic rings. The van der Waals surface area contributed by atoms with Crippen LogP contribution in [-0.2, 0) is 11.3 Å². The van der Waals surface area contributed by atoms with Crippen molar-refractivity contribution in [1.29, 1.82) is 0 Å². The van der Waals surface area contributed by atoms with Gasteiger partial charge in [0.15, 0.2) is 0 Å². The Kier molecular flexibility index (Phi) is 4.42. The van der Waals surface area contributed by atoms with Crippen LogP contribution >= 0.6 is 0 Å². The van der Waals surface area contributed by atoms with Gasteiger partial charge in [-0.15, -0.1) is 0 Å². The third kappa shape index (κ3) is 3.38. The Hall–Kier alpha value is -2.37. The van der Waals surface area contributed by atoms with E-state index in [1.165, 1.54) is 0 Å². The highest BCUT2D eigenvalue weighted by molar-refractivity contribution is 5.78. The van der Waals surface area contributed by atoms with Crippen molar-refractivity contribution in [1.82, 2.24) is 15.1 Å². The van der Waals surface area contributed by atoms with Crippen LogP contribution in [-0.4, -0.2) is 40.6 Å². The molecule has 0 atom stereocenters. The van der Waals surface area contributed by atoms with Crippen LogP contribution in [0.25, 0.3) is 0 Å². The average Bonchev–Trinajstić information content (AvgIpc) is 3.29. The van der Waals surface area contributed by atoms with Gasteiger partial charge in [-0.3, -0.25) is 9.89 Å². The molecule has 1 aromatic heterocycles. The van der Waals surface area contributed by atoms with E-state index < -0.39 is 0 Å². The zero-order valence-corrected chi connectivity index (χ0v) is 14.2. The van der Waals surface area contributed by atoms with E-state index in [4.69, 9.17) is 0 Å². The lowest BCUT2D eigenvalue weighted by Crippen LogP contribution is -2.32. The van der Waals surface area contributed by atoms with Gasteiger partial charge < -0.3 is 9.80 Å². The first-order valence-electron chi connectivity index (χ1n) is 9.00. The first-order chi connectivity index (χ1) is 12.2. The second-order valence-corrected chi connectivity index (χ2v) is 6.99. The van der Waals surface area contributed by atoms with Gasteiger partial charge in [0, 0.05) is 44.4 Å². The number of nitrogens with zero attached hydrogens (tertiary/aromatic N) is 3. The molecule has 6 heteroatoms. The van der Waals surface area contributed by atoms with Gasteiger partial charge in [-0.25, -0.2) is 4.39 Å². The summed E-state index contributed by atoms with van der Waals surface area (Å²) in [5, 5.41) is 6.85. The number of hydrogen-bond acceptors (Lipinski definition) is 3. The predicted molar refractivity (Wildman–Crippen MR) is 93.8 cm³/mol. The van der Waals surface area contributed by atoms with Crippen LogP contribution < -0.4 is 4.90 Å². The summed E-state index contributed by atoms with van der Waals surface area (Å²) in [6.07, 6.45) is 7.24. The number of aromatic amines is 1. The highest BCUT2D eigenvalue weighted by Gasteiger charge is 2.24. The third-order valence-corrected chi connectivity index (χ3v) is 5.43. The van der Waals surface area contributed by atoms with Gasteiger partial charge in [-0.1, -0.05) is 12.1 Å². The fraction of sp³-hybridized carbons (Fsp3) is 0.474. The molecular weight excluding hydrogens is 319 g/mol. The number of likely N-dealkylation sites (tertiary alicyclic amines) is 1. The van der Waals surface area contributed by atoms with Crippen LogP contribution in [0.2, 0.25) is 0 Å². The Balaban J connectivity index is 1.40. The maximum absolute atomic E-state index is 14.5. The molecule has 2 fully saturated rings. The normalized spacial score (nSPS) is 19.0. The molecule has 0 radical (unpaired) electrons. The van der Waals surface area contributed by atoms with E-state index >= 15 is 0 Å². The van der Waals surface area contributed by atoms with E-state index in [9.17, 15) is 9.18 Å². The number of nitrogens with one attached hydrogen (secondary N) is 1. The Labute approximate surface area is 146 Å². The number of rotatable bonds is 4. The Morgan fingerprint density at radius 2 is 2.08 bits per heavy atom. The fourth-order valence-corrected chi connectivity index (χ4v) is 3.91. The largest absolute Gasteiger partial charge is 0.369 e. The molecule has 0 aliphatic carbocycles. The van der Waals surface area contributed by atoms with Crippen LogP contribution in [0.15, 0.2) is 30.6 Å². The zero-order chi connectivity index (χ0) is 17.2. The van der Waals surface area contributed by atoms with Crippen molar-refractivity contribution in [3.63, 3.8) is 0 Å². The molecule has 2 aliphatic heterocycles. The molecule has 0 unspecified atom stereocenters. The fourth-order valence-electron chi connectivity index (χ4n) is 3.91. The van der Waals surface area contributed by atoms with Crippen molar-refractivity contribution >= 4 is 11.6 Å². The van der Waals surface area contributed by atoms with Crippen LogP contribution in [0, 0.1) is 5.82 Å². The Morgan fingerprint density at radius 3 is 2.72 bits per heavy atom. The molecule has 1 N–H and O–H groups in total. The molecule has 4 rings (SSSR count). The van der Waals surface area contributed by atoms with Gasteiger partial charge in [0.1, 0.15) is 5.82 Å². The SMILES string of the molecule is O=C1CCCN1Cc1ccc(C2CCN(c3cn[nH]c3)CC2)cc1F. The van der Waals surface area contributed by atoms with Gasteiger partial charge in [-0.2, -0.15) is 5.10 Å². The topological polar surface area (TPSA) is 52.2 Å².